The Morgan fingerprint density at radius 1 is 0.917 bits per heavy atom. The van der Waals surface area contributed by atoms with Gasteiger partial charge in [-0.15, -0.1) is 0 Å². The van der Waals surface area contributed by atoms with Gasteiger partial charge in [0.15, 0.2) is 0 Å². The van der Waals surface area contributed by atoms with Crippen molar-refractivity contribution in [1.82, 2.24) is 0 Å². The summed E-state index contributed by atoms with van der Waals surface area (Å²) < 4.78 is 10.5. The van der Waals surface area contributed by atoms with Gasteiger partial charge in [0.2, 0.25) is 0 Å². The van der Waals surface area contributed by atoms with Crippen LogP contribution in [0.15, 0.2) is 66.7 Å². The summed E-state index contributed by atoms with van der Waals surface area (Å²) in [5, 5.41) is 2.39. The van der Waals surface area contributed by atoms with Gasteiger partial charge in [0.1, 0.15) is 11.5 Å². The molecule has 0 bridgehead atoms. The maximum absolute atomic E-state index is 12.2. The Bertz CT molecular complexity index is 837. The van der Waals surface area contributed by atoms with Gasteiger partial charge in [-0.25, -0.2) is 0 Å². The summed E-state index contributed by atoms with van der Waals surface area (Å²) >= 11 is 0. The van der Waals surface area contributed by atoms with Crippen LogP contribution in [-0.2, 0) is 4.79 Å². The van der Waals surface area contributed by atoms with E-state index in [0.717, 1.165) is 11.3 Å². The lowest BCUT2D eigenvalue weighted by Crippen LogP contribution is -2.11. The molecule has 0 radical (unpaired) electrons. The van der Waals surface area contributed by atoms with E-state index >= 15 is 0 Å². The molecule has 0 aliphatic rings. The molecular weight excluding hydrogens is 300 g/mol. The number of carbonyl (C=O) groups is 1. The fourth-order valence-electron chi connectivity index (χ4n) is 2.70. The molecule has 0 saturated carbocycles. The standard InChI is InChI=1S/C21H20O3/c1-15(17-8-7-16-5-3-4-6-18(16)14-17)13-21(22)24-20-11-9-19(23-2)10-12-20/h3-12,14-15H,13H2,1-2H3. The molecule has 0 amide bonds. The van der Waals surface area contributed by atoms with Crippen LogP contribution in [0.3, 0.4) is 0 Å². The van der Waals surface area contributed by atoms with E-state index in [4.69, 9.17) is 9.47 Å². The summed E-state index contributed by atoms with van der Waals surface area (Å²) in [4.78, 5) is 12.2. The normalized spacial score (nSPS) is 11.9. The van der Waals surface area contributed by atoms with Gasteiger partial charge in [-0.2, -0.15) is 0 Å². The van der Waals surface area contributed by atoms with E-state index in [1.807, 2.05) is 19.1 Å². The first kappa shape index (κ1) is 16.1. The average Bonchev–Trinajstić information content (AvgIpc) is 2.61. The van der Waals surface area contributed by atoms with Crippen LogP contribution < -0.4 is 9.47 Å². The predicted octanol–water partition coefficient (Wildman–Crippen LogP) is 4.95. The van der Waals surface area contributed by atoms with Crippen LogP contribution in [0.2, 0.25) is 0 Å². The molecule has 0 N–H and O–H groups in total. The maximum atomic E-state index is 12.2. The molecule has 0 heterocycles. The molecule has 0 aliphatic carbocycles. The number of ether oxygens (including phenoxy) is 2. The summed E-state index contributed by atoms with van der Waals surface area (Å²) in [7, 11) is 1.60. The van der Waals surface area contributed by atoms with Gasteiger partial charge in [0, 0.05) is 0 Å². The lowest BCUT2D eigenvalue weighted by molar-refractivity contribution is -0.134. The third kappa shape index (κ3) is 3.74. The van der Waals surface area contributed by atoms with Crippen molar-refractivity contribution in [2.75, 3.05) is 7.11 Å². The monoisotopic (exact) mass is 320 g/mol. The molecule has 0 fully saturated rings. The molecule has 0 aliphatic heterocycles. The van der Waals surface area contributed by atoms with Crippen molar-refractivity contribution in [2.24, 2.45) is 0 Å². The topological polar surface area (TPSA) is 35.5 Å². The largest absolute Gasteiger partial charge is 0.497 e. The zero-order valence-electron chi connectivity index (χ0n) is 13.9. The van der Waals surface area contributed by atoms with Crippen LogP contribution in [0.5, 0.6) is 11.5 Å². The molecule has 3 rings (SSSR count). The van der Waals surface area contributed by atoms with Crippen molar-refractivity contribution in [3.63, 3.8) is 0 Å². The lowest BCUT2D eigenvalue weighted by atomic mass is 9.95. The number of rotatable bonds is 5. The number of hydrogen-bond donors (Lipinski definition) is 0. The minimum Gasteiger partial charge on any atom is -0.497 e. The molecule has 3 nitrogen and oxygen atoms in total. The van der Waals surface area contributed by atoms with E-state index in [9.17, 15) is 4.79 Å². The minimum atomic E-state index is -0.235. The van der Waals surface area contributed by atoms with Crippen molar-refractivity contribution in [3.8, 4) is 11.5 Å². The van der Waals surface area contributed by atoms with Crippen LogP contribution in [0.4, 0.5) is 0 Å². The maximum Gasteiger partial charge on any atom is 0.311 e. The van der Waals surface area contributed by atoms with Crippen molar-refractivity contribution in [3.05, 3.63) is 72.3 Å². The highest BCUT2D eigenvalue weighted by Gasteiger charge is 2.13. The lowest BCUT2D eigenvalue weighted by Gasteiger charge is -2.12. The van der Waals surface area contributed by atoms with Crippen LogP contribution >= 0.6 is 0 Å². The van der Waals surface area contributed by atoms with Gasteiger partial charge in [-0.3, -0.25) is 4.79 Å². The van der Waals surface area contributed by atoms with Gasteiger partial charge >= 0.3 is 5.97 Å². The highest BCUT2D eigenvalue weighted by atomic mass is 16.5. The molecule has 3 heteroatoms. The molecule has 0 saturated heterocycles. The van der Waals surface area contributed by atoms with E-state index < -0.39 is 0 Å². The molecule has 0 aromatic heterocycles. The van der Waals surface area contributed by atoms with Gasteiger partial charge in [-0.1, -0.05) is 49.4 Å². The number of benzene rings is 3. The highest BCUT2D eigenvalue weighted by Crippen LogP contribution is 2.25. The second kappa shape index (κ2) is 7.18. The first-order valence-electron chi connectivity index (χ1n) is 7.99. The van der Waals surface area contributed by atoms with Crippen molar-refractivity contribution >= 4 is 16.7 Å². The Balaban J connectivity index is 1.65. The summed E-state index contributed by atoms with van der Waals surface area (Å²) in [5.74, 6) is 1.13. The van der Waals surface area contributed by atoms with E-state index in [-0.39, 0.29) is 11.9 Å². The van der Waals surface area contributed by atoms with Crippen LogP contribution in [0.25, 0.3) is 10.8 Å². The molecule has 24 heavy (non-hydrogen) atoms. The number of carbonyl (C=O) groups excluding carboxylic acids is 1. The minimum absolute atomic E-state index is 0.0976. The number of methoxy groups -OCH3 is 1. The van der Waals surface area contributed by atoms with Gasteiger partial charge < -0.3 is 9.47 Å². The fourth-order valence-corrected chi connectivity index (χ4v) is 2.70. The van der Waals surface area contributed by atoms with Gasteiger partial charge in [0.25, 0.3) is 0 Å². The first-order chi connectivity index (χ1) is 11.7. The van der Waals surface area contributed by atoms with E-state index in [2.05, 4.69) is 30.3 Å². The fraction of sp³-hybridized carbons (Fsp3) is 0.190. The van der Waals surface area contributed by atoms with Crippen molar-refractivity contribution < 1.29 is 14.3 Å². The van der Waals surface area contributed by atoms with E-state index in [0.29, 0.717) is 12.2 Å². The molecule has 122 valence electrons. The molecule has 3 aromatic rings. The third-order valence-corrected chi connectivity index (χ3v) is 4.11. The Morgan fingerprint density at radius 3 is 2.29 bits per heavy atom. The van der Waals surface area contributed by atoms with E-state index in [1.54, 1.807) is 31.4 Å². The van der Waals surface area contributed by atoms with Crippen LogP contribution in [-0.4, -0.2) is 13.1 Å². The van der Waals surface area contributed by atoms with Crippen molar-refractivity contribution in [2.45, 2.75) is 19.3 Å². The molecule has 1 atom stereocenters. The Hall–Kier alpha value is -2.81. The molecular formula is C21H20O3. The van der Waals surface area contributed by atoms with E-state index in [1.165, 1.54) is 10.8 Å². The van der Waals surface area contributed by atoms with Crippen LogP contribution in [0.1, 0.15) is 24.8 Å². The summed E-state index contributed by atoms with van der Waals surface area (Å²) in [6.45, 7) is 2.04. The summed E-state index contributed by atoms with van der Waals surface area (Å²) in [5.41, 5.74) is 1.14. The predicted molar refractivity (Wildman–Crippen MR) is 95.6 cm³/mol. The first-order valence-corrected chi connectivity index (χ1v) is 7.99. The summed E-state index contributed by atoms with van der Waals surface area (Å²) in [6, 6.07) is 21.5. The zero-order valence-corrected chi connectivity index (χ0v) is 13.9. The summed E-state index contributed by atoms with van der Waals surface area (Å²) in [6.07, 6.45) is 0.338. The second-order valence-electron chi connectivity index (χ2n) is 5.86. The number of fused-ring (bicyclic) bond motifs is 1. The number of hydrogen-bond acceptors (Lipinski definition) is 3. The highest BCUT2D eigenvalue weighted by molar-refractivity contribution is 5.83. The zero-order chi connectivity index (χ0) is 16.9. The van der Waals surface area contributed by atoms with Gasteiger partial charge in [-0.05, 0) is 46.5 Å². The molecule has 1 unspecified atom stereocenters. The van der Waals surface area contributed by atoms with Gasteiger partial charge in [0.05, 0.1) is 13.5 Å². The quantitative estimate of drug-likeness (QED) is 0.493. The molecule has 3 aromatic carbocycles. The smallest absolute Gasteiger partial charge is 0.311 e. The van der Waals surface area contributed by atoms with Crippen LogP contribution in [0, 0.1) is 0 Å². The Labute approximate surface area is 141 Å². The Kier molecular flexibility index (Phi) is 4.80. The second-order valence-corrected chi connectivity index (χ2v) is 5.86. The third-order valence-electron chi connectivity index (χ3n) is 4.11. The Morgan fingerprint density at radius 2 is 1.58 bits per heavy atom. The molecule has 0 spiro atoms. The van der Waals surface area contributed by atoms with Crippen molar-refractivity contribution in [1.29, 1.82) is 0 Å². The number of esters is 1. The SMILES string of the molecule is COc1ccc(OC(=O)CC(C)c2ccc3ccccc3c2)cc1. The average molecular weight is 320 g/mol.